The van der Waals surface area contributed by atoms with Gasteiger partial charge in [0.1, 0.15) is 6.04 Å². The van der Waals surface area contributed by atoms with Crippen LogP contribution in [-0.4, -0.2) is 41.3 Å². The van der Waals surface area contributed by atoms with Gasteiger partial charge in [0.15, 0.2) is 5.92 Å². The molecular weight excluding hydrogens is 225 g/mol. The summed E-state index contributed by atoms with van der Waals surface area (Å²) in [4.78, 5) is 11.9. The van der Waals surface area contributed by atoms with Crippen LogP contribution in [0.4, 0.5) is 13.2 Å². The quantitative estimate of drug-likeness (QED) is 0.800. The molecule has 0 aromatic carbocycles. The summed E-state index contributed by atoms with van der Waals surface area (Å²) in [5.41, 5.74) is 0. The van der Waals surface area contributed by atoms with E-state index in [0.717, 1.165) is 0 Å². The van der Waals surface area contributed by atoms with Gasteiger partial charge in [0.2, 0.25) is 0 Å². The fraction of sp³-hybridized carbons (Fsp3) is 0.778. The molecule has 4 nitrogen and oxygen atoms in total. The summed E-state index contributed by atoms with van der Waals surface area (Å²) in [7, 11) is 0. The highest BCUT2D eigenvalue weighted by Crippen LogP contribution is 2.28. The first-order valence-corrected chi connectivity index (χ1v) is 4.79. The van der Waals surface area contributed by atoms with Gasteiger partial charge in [-0.2, -0.15) is 18.4 Å². The fourth-order valence-electron chi connectivity index (χ4n) is 1.78. The summed E-state index contributed by atoms with van der Waals surface area (Å²) in [6.45, 7) is -0.262. The zero-order valence-corrected chi connectivity index (χ0v) is 8.37. The van der Waals surface area contributed by atoms with E-state index in [1.165, 1.54) is 11.0 Å². The van der Waals surface area contributed by atoms with E-state index < -0.39 is 30.7 Å². The first-order valence-electron chi connectivity index (χ1n) is 4.79. The van der Waals surface area contributed by atoms with Crippen LogP contribution in [0.3, 0.4) is 0 Å². The van der Waals surface area contributed by atoms with Crippen molar-refractivity contribution in [2.75, 3.05) is 13.1 Å². The molecule has 0 aromatic heterocycles. The van der Waals surface area contributed by atoms with Crippen molar-refractivity contribution >= 4 is 5.97 Å². The molecule has 0 aromatic rings. The summed E-state index contributed by atoms with van der Waals surface area (Å²) in [6, 6.07) is 0.278. The number of carboxylic acids is 1. The van der Waals surface area contributed by atoms with Gasteiger partial charge >= 0.3 is 12.1 Å². The van der Waals surface area contributed by atoms with E-state index in [1.54, 1.807) is 0 Å². The molecule has 1 saturated heterocycles. The van der Waals surface area contributed by atoms with Crippen LogP contribution < -0.4 is 0 Å². The Hall–Kier alpha value is -1.29. The highest BCUT2D eigenvalue weighted by atomic mass is 19.4. The second-order valence-electron chi connectivity index (χ2n) is 3.71. The van der Waals surface area contributed by atoms with Crippen molar-refractivity contribution in [3.8, 4) is 6.07 Å². The van der Waals surface area contributed by atoms with Crippen LogP contribution in [0.1, 0.15) is 12.8 Å². The van der Waals surface area contributed by atoms with Gasteiger partial charge in [-0.1, -0.05) is 0 Å². The number of aliphatic carboxylic acids is 1. The van der Waals surface area contributed by atoms with Crippen LogP contribution in [0.5, 0.6) is 0 Å². The van der Waals surface area contributed by atoms with E-state index in [-0.39, 0.29) is 0 Å². The van der Waals surface area contributed by atoms with E-state index in [1.807, 2.05) is 0 Å². The molecule has 1 N–H and O–H groups in total. The number of hydrogen-bond acceptors (Lipinski definition) is 3. The van der Waals surface area contributed by atoms with E-state index in [4.69, 9.17) is 10.4 Å². The standard InChI is InChI=1S/C9H11F3N2O2/c10-9(11,12)6(4-13)5-14-3-1-2-7(14)8(15)16/h6-7H,1-3,5H2,(H,15,16). The number of hydrogen-bond donors (Lipinski definition) is 1. The third-order valence-corrected chi connectivity index (χ3v) is 2.62. The van der Waals surface area contributed by atoms with Crippen molar-refractivity contribution in [1.29, 1.82) is 5.26 Å². The Morgan fingerprint density at radius 2 is 2.25 bits per heavy atom. The van der Waals surface area contributed by atoms with Gasteiger partial charge in [0.25, 0.3) is 0 Å². The SMILES string of the molecule is N#CC(CN1CCCC1C(=O)O)C(F)(F)F. The first kappa shape index (κ1) is 12.8. The van der Waals surface area contributed by atoms with Crippen LogP contribution in [0.25, 0.3) is 0 Å². The summed E-state index contributed by atoms with van der Waals surface area (Å²) < 4.78 is 36.9. The molecule has 1 rings (SSSR count). The zero-order chi connectivity index (χ0) is 12.3. The van der Waals surface area contributed by atoms with Crippen LogP contribution in [0.2, 0.25) is 0 Å². The summed E-state index contributed by atoms with van der Waals surface area (Å²) in [5, 5.41) is 17.2. The molecule has 0 aliphatic carbocycles. The summed E-state index contributed by atoms with van der Waals surface area (Å²) in [5.74, 6) is -3.25. The van der Waals surface area contributed by atoms with Crippen molar-refractivity contribution in [2.24, 2.45) is 5.92 Å². The van der Waals surface area contributed by atoms with Crippen molar-refractivity contribution in [2.45, 2.75) is 25.1 Å². The van der Waals surface area contributed by atoms with Gasteiger partial charge in [-0.3, -0.25) is 9.69 Å². The average molecular weight is 236 g/mol. The third-order valence-electron chi connectivity index (χ3n) is 2.62. The average Bonchev–Trinajstić information content (AvgIpc) is 2.59. The Bertz CT molecular complexity index is 311. The number of halogens is 3. The smallest absolute Gasteiger partial charge is 0.405 e. The topological polar surface area (TPSA) is 64.3 Å². The Morgan fingerprint density at radius 1 is 1.62 bits per heavy atom. The molecule has 0 spiro atoms. The Labute approximate surface area is 90.3 Å². The van der Waals surface area contributed by atoms with Crippen LogP contribution in [-0.2, 0) is 4.79 Å². The zero-order valence-electron chi connectivity index (χ0n) is 8.37. The fourth-order valence-corrected chi connectivity index (χ4v) is 1.78. The predicted octanol–water partition coefficient (Wildman–Crippen LogP) is 1.24. The van der Waals surface area contributed by atoms with E-state index in [9.17, 15) is 18.0 Å². The van der Waals surface area contributed by atoms with E-state index >= 15 is 0 Å². The number of likely N-dealkylation sites (tertiary alicyclic amines) is 1. The van der Waals surface area contributed by atoms with Gasteiger partial charge < -0.3 is 5.11 Å². The van der Waals surface area contributed by atoms with Crippen molar-refractivity contribution in [1.82, 2.24) is 4.90 Å². The summed E-state index contributed by atoms with van der Waals surface area (Å²) in [6.07, 6.45) is -3.71. The number of nitriles is 1. The van der Waals surface area contributed by atoms with E-state index in [2.05, 4.69) is 0 Å². The van der Waals surface area contributed by atoms with Crippen LogP contribution in [0.15, 0.2) is 0 Å². The highest BCUT2D eigenvalue weighted by molar-refractivity contribution is 5.73. The minimum atomic E-state index is -4.60. The molecule has 7 heteroatoms. The lowest BCUT2D eigenvalue weighted by Gasteiger charge is -2.24. The predicted molar refractivity (Wildman–Crippen MR) is 47.4 cm³/mol. The van der Waals surface area contributed by atoms with Gasteiger partial charge in [-0.15, -0.1) is 0 Å². The molecule has 0 amide bonds. The second-order valence-corrected chi connectivity index (χ2v) is 3.71. The molecule has 1 fully saturated rings. The summed E-state index contributed by atoms with van der Waals surface area (Å²) >= 11 is 0. The molecule has 1 heterocycles. The number of rotatable bonds is 3. The van der Waals surface area contributed by atoms with Gasteiger partial charge in [0, 0.05) is 6.54 Å². The van der Waals surface area contributed by atoms with Gasteiger partial charge in [-0.05, 0) is 19.4 Å². The largest absolute Gasteiger partial charge is 0.480 e. The maximum atomic E-state index is 12.3. The lowest BCUT2D eigenvalue weighted by molar-refractivity contribution is -0.166. The molecule has 2 unspecified atom stereocenters. The Morgan fingerprint density at radius 3 is 2.69 bits per heavy atom. The molecule has 1 aliphatic heterocycles. The molecule has 90 valence electrons. The first-order chi connectivity index (χ1) is 7.36. The lowest BCUT2D eigenvalue weighted by atomic mass is 10.1. The third kappa shape index (κ3) is 2.85. The number of nitrogens with zero attached hydrogens (tertiary/aromatic N) is 2. The number of carboxylic acid groups (broad SMARTS) is 1. The maximum Gasteiger partial charge on any atom is 0.405 e. The molecule has 0 saturated carbocycles. The highest BCUT2D eigenvalue weighted by Gasteiger charge is 2.43. The number of alkyl halides is 3. The number of carbonyl (C=O) groups is 1. The normalized spacial score (nSPS) is 24.0. The van der Waals surface area contributed by atoms with Crippen molar-refractivity contribution < 1.29 is 23.1 Å². The minimum Gasteiger partial charge on any atom is -0.480 e. The second kappa shape index (κ2) is 4.70. The Balaban J connectivity index is 2.66. The van der Waals surface area contributed by atoms with Crippen molar-refractivity contribution in [3.63, 3.8) is 0 Å². The molecule has 2 atom stereocenters. The van der Waals surface area contributed by atoms with E-state index in [0.29, 0.717) is 19.4 Å². The molecular formula is C9H11F3N2O2. The van der Waals surface area contributed by atoms with Gasteiger partial charge in [0.05, 0.1) is 6.07 Å². The van der Waals surface area contributed by atoms with Crippen LogP contribution >= 0.6 is 0 Å². The minimum absolute atomic E-state index is 0.297. The monoisotopic (exact) mass is 236 g/mol. The van der Waals surface area contributed by atoms with Crippen molar-refractivity contribution in [3.05, 3.63) is 0 Å². The molecule has 16 heavy (non-hydrogen) atoms. The van der Waals surface area contributed by atoms with Gasteiger partial charge in [-0.25, -0.2) is 0 Å². The van der Waals surface area contributed by atoms with Crippen LogP contribution in [0, 0.1) is 17.2 Å². The maximum absolute atomic E-state index is 12.3. The molecule has 0 bridgehead atoms. The lowest BCUT2D eigenvalue weighted by Crippen LogP contribution is -2.42. The molecule has 0 radical (unpaired) electrons. The Kier molecular flexibility index (Phi) is 3.75. The molecule has 1 aliphatic rings.